The first kappa shape index (κ1) is 21.1. The van der Waals surface area contributed by atoms with Crippen LogP contribution in [0.5, 0.6) is 0 Å². The number of nitrogens with one attached hydrogen (secondary N) is 1. The van der Waals surface area contributed by atoms with E-state index in [1.807, 2.05) is 50.4 Å². The normalized spacial score (nSPS) is 13.2. The number of halogens is 1. The lowest BCUT2D eigenvalue weighted by molar-refractivity contribution is 0.117. The van der Waals surface area contributed by atoms with Crippen molar-refractivity contribution in [2.24, 2.45) is 7.05 Å². The zero-order chi connectivity index (χ0) is 23.2. The molecule has 0 bridgehead atoms. The maximum Gasteiger partial charge on any atom is 0.249 e. The van der Waals surface area contributed by atoms with E-state index in [0.29, 0.717) is 22.3 Å². The Bertz CT molecular complexity index is 1560. The highest BCUT2D eigenvalue weighted by atomic mass is 35.5. The zero-order valence-corrected chi connectivity index (χ0v) is 18.8. The van der Waals surface area contributed by atoms with Crippen molar-refractivity contribution >= 4 is 22.5 Å². The van der Waals surface area contributed by atoms with Gasteiger partial charge in [0.15, 0.2) is 5.60 Å². The quantitative estimate of drug-likeness (QED) is 0.388. The maximum absolute atomic E-state index is 12.4. The molecule has 0 radical (unpaired) electrons. The minimum Gasteiger partial charge on any atom is -0.374 e. The van der Waals surface area contributed by atoms with Crippen LogP contribution >= 0.6 is 11.6 Å². The van der Waals surface area contributed by atoms with Crippen molar-refractivity contribution in [2.75, 3.05) is 0 Å². The molecule has 1 unspecified atom stereocenters. The average molecular weight is 457 g/mol. The lowest BCUT2D eigenvalue weighted by Gasteiger charge is -2.30. The minimum absolute atomic E-state index is 0.184. The van der Waals surface area contributed by atoms with E-state index < -0.39 is 5.60 Å². The second-order valence-corrected chi connectivity index (χ2v) is 8.48. The summed E-state index contributed by atoms with van der Waals surface area (Å²) in [6.45, 7) is 2.01. The van der Waals surface area contributed by atoms with Crippen molar-refractivity contribution < 1.29 is 5.11 Å². The molecule has 7 heteroatoms. The van der Waals surface area contributed by atoms with Gasteiger partial charge >= 0.3 is 0 Å². The fourth-order valence-corrected chi connectivity index (χ4v) is 4.55. The molecular formula is C26H21ClN4O2. The van der Waals surface area contributed by atoms with Gasteiger partial charge in [0.2, 0.25) is 5.56 Å². The number of rotatable bonds is 4. The topological polar surface area (TPSA) is 83.8 Å². The van der Waals surface area contributed by atoms with E-state index in [4.69, 9.17) is 11.6 Å². The number of aromatic nitrogens is 4. The first-order chi connectivity index (χ1) is 15.9. The lowest BCUT2D eigenvalue weighted by atomic mass is 9.83. The molecule has 5 aromatic rings. The van der Waals surface area contributed by atoms with Crippen LogP contribution in [-0.2, 0) is 12.6 Å². The molecule has 33 heavy (non-hydrogen) atoms. The van der Waals surface area contributed by atoms with Crippen molar-refractivity contribution in [3.63, 3.8) is 0 Å². The monoisotopic (exact) mass is 456 g/mol. The van der Waals surface area contributed by atoms with Crippen molar-refractivity contribution in [1.82, 2.24) is 19.5 Å². The van der Waals surface area contributed by atoms with Crippen LogP contribution in [0.15, 0.2) is 84.2 Å². The summed E-state index contributed by atoms with van der Waals surface area (Å²) in [6.07, 6.45) is 4.84. The third kappa shape index (κ3) is 3.53. The van der Waals surface area contributed by atoms with Gasteiger partial charge in [0.25, 0.3) is 0 Å². The van der Waals surface area contributed by atoms with Gasteiger partial charge in [0.05, 0.1) is 18.2 Å². The molecule has 1 atom stereocenters. The summed E-state index contributed by atoms with van der Waals surface area (Å²) in [4.78, 5) is 23.6. The molecule has 0 amide bonds. The average Bonchev–Trinajstić information content (AvgIpc) is 3.24. The van der Waals surface area contributed by atoms with E-state index >= 15 is 0 Å². The van der Waals surface area contributed by atoms with Crippen molar-refractivity contribution in [3.8, 4) is 11.1 Å². The summed E-state index contributed by atoms with van der Waals surface area (Å²) in [7, 11) is 1.83. The summed E-state index contributed by atoms with van der Waals surface area (Å²) in [5, 5.41) is 13.3. The Kier molecular flexibility index (Phi) is 5.12. The van der Waals surface area contributed by atoms with Crippen LogP contribution in [0.2, 0.25) is 5.15 Å². The molecule has 0 saturated heterocycles. The molecule has 0 saturated carbocycles. The van der Waals surface area contributed by atoms with E-state index in [-0.39, 0.29) is 10.7 Å². The Morgan fingerprint density at radius 2 is 1.82 bits per heavy atom. The van der Waals surface area contributed by atoms with Crippen molar-refractivity contribution in [2.45, 2.75) is 12.5 Å². The number of hydrogen-bond acceptors (Lipinski definition) is 4. The highest BCUT2D eigenvalue weighted by molar-refractivity contribution is 6.29. The Balaban J connectivity index is 1.83. The molecular weight excluding hydrogens is 436 g/mol. The zero-order valence-electron chi connectivity index (χ0n) is 18.1. The number of fused-ring (bicyclic) bond motifs is 1. The lowest BCUT2D eigenvalue weighted by Crippen LogP contribution is -2.31. The number of benzene rings is 2. The van der Waals surface area contributed by atoms with Crippen molar-refractivity contribution in [1.29, 1.82) is 0 Å². The molecule has 5 rings (SSSR count). The molecule has 0 spiro atoms. The van der Waals surface area contributed by atoms with E-state index in [1.165, 1.54) is 0 Å². The highest BCUT2D eigenvalue weighted by Crippen LogP contribution is 2.39. The first-order valence-corrected chi connectivity index (χ1v) is 10.8. The van der Waals surface area contributed by atoms with Crippen molar-refractivity contribution in [3.05, 3.63) is 117 Å². The van der Waals surface area contributed by atoms with Crippen LogP contribution in [0.1, 0.15) is 22.4 Å². The summed E-state index contributed by atoms with van der Waals surface area (Å²) in [5.74, 6) is 0. The van der Waals surface area contributed by atoms with Crippen LogP contribution in [0.25, 0.3) is 22.0 Å². The Hall–Kier alpha value is -3.74. The first-order valence-electron chi connectivity index (χ1n) is 10.4. The fraction of sp³-hybridized carbons (Fsp3) is 0.115. The van der Waals surface area contributed by atoms with E-state index in [0.717, 1.165) is 22.1 Å². The Morgan fingerprint density at radius 1 is 1.03 bits per heavy atom. The largest absolute Gasteiger partial charge is 0.374 e. The number of pyridine rings is 2. The van der Waals surface area contributed by atoms with E-state index in [1.54, 1.807) is 47.6 Å². The van der Waals surface area contributed by atoms with Crippen LogP contribution < -0.4 is 5.56 Å². The molecule has 2 N–H and O–H groups in total. The van der Waals surface area contributed by atoms with Gasteiger partial charge < -0.3 is 14.7 Å². The minimum atomic E-state index is -1.55. The fourth-order valence-electron chi connectivity index (χ4n) is 4.37. The molecule has 0 aliphatic heterocycles. The summed E-state index contributed by atoms with van der Waals surface area (Å²) in [6, 6.07) is 18.4. The summed E-state index contributed by atoms with van der Waals surface area (Å²) in [5.41, 5.74) is 3.51. The van der Waals surface area contributed by atoms with Crippen LogP contribution in [0.4, 0.5) is 0 Å². The van der Waals surface area contributed by atoms with Gasteiger partial charge in [-0.1, -0.05) is 41.9 Å². The number of H-pyrrole nitrogens is 1. The van der Waals surface area contributed by atoms with Crippen LogP contribution in [0, 0.1) is 6.92 Å². The molecule has 164 valence electrons. The summed E-state index contributed by atoms with van der Waals surface area (Å²) < 4.78 is 1.77. The number of imidazole rings is 1. The molecule has 6 nitrogen and oxygen atoms in total. The third-order valence-corrected chi connectivity index (χ3v) is 6.23. The van der Waals surface area contributed by atoms with Crippen LogP contribution in [-0.4, -0.2) is 24.6 Å². The number of aromatic amines is 1. The molecule has 3 heterocycles. The smallest absolute Gasteiger partial charge is 0.249 e. The van der Waals surface area contributed by atoms with Gasteiger partial charge in [0, 0.05) is 30.2 Å². The second-order valence-electron chi connectivity index (χ2n) is 8.09. The van der Waals surface area contributed by atoms with Gasteiger partial charge in [-0.2, -0.15) is 0 Å². The summed E-state index contributed by atoms with van der Waals surface area (Å²) >= 11 is 6.19. The number of hydrogen-bond donors (Lipinski definition) is 2. The number of nitrogens with zero attached hydrogens (tertiary/aromatic N) is 3. The van der Waals surface area contributed by atoms with Gasteiger partial charge in [-0.25, -0.2) is 9.97 Å². The highest BCUT2D eigenvalue weighted by Gasteiger charge is 2.37. The molecule has 0 aliphatic carbocycles. The van der Waals surface area contributed by atoms with Gasteiger partial charge in [0.1, 0.15) is 5.15 Å². The van der Waals surface area contributed by atoms with Crippen LogP contribution in [0.3, 0.4) is 0 Å². The molecule has 3 aromatic heterocycles. The van der Waals surface area contributed by atoms with Gasteiger partial charge in [-0.15, -0.1) is 0 Å². The molecule has 2 aromatic carbocycles. The van der Waals surface area contributed by atoms with Gasteiger partial charge in [-0.3, -0.25) is 4.79 Å². The van der Waals surface area contributed by atoms with E-state index in [2.05, 4.69) is 15.0 Å². The SMILES string of the molecule is Cc1ccccc1-c1cc(=O)[nH]c2ccc(C(O)(c3ccnc(Cl)c3)c3cncn3C)cc12. The Morgan fingerprint density at radius 3 is 2.55 bits per heavy atom. The second kappa shape index (κ2) is 7.99. The third-order valence-electron chi connectivity index (χ3n) is 6.03. The number of aryl methyl sites for hydroxylation is 2. The predicted molar refractivity (Wildman–Crippen MR) is 129 cm³/mol. The molecule has 0 aliphatic rings. The van der Waals surface area contributed by atoms with E-state index in [9.17, 15) is 9.90 Å². The standard InChI is InChI=1S/C26H21ClN4O2/c1-16-5-3-4-6-19(16)20-13-25(32)30-22-8-7-17(11-21(20)22)26(33,23-14-28-15-31(23)2)18-9-10-29-24(27)12-18/h3-15,33H,1-2H3,(H,30,32). The predicted octanol–water partition coefficient (Wildman–Crippen LogP) is 4.57. The number of aliphatic hydroxyl groups is 1. The Labute approximate surface area is 195 Å². The van der Waals surface area contributed by atoms with Gasteiger partial charge in [-0.05, 0) is 59.0 Å². The maximum atomic E-state index is 12.4. The molecule has 0 fully saturated rings.